The zero-order valence-corrected chi connectivity index (χ0v) is 13.6. The highest BCUT2D eigenvalue weighted by molar-refractivity contribution is 9.10. The molecule has 0 radical (unpaired) electrons. The van der Waals surface area contributed by atoms with E-state index < -0.39 is 0 Å². The van der Waals surface area contributed by atoms with E-state index in [4.69, 9.17) is 17.3 Å². The lowest BCUT2D eigenvalue weighted by atomic mass is 10.2. The second kappa shape index (κ2) is 6.39. The highest BCUT2D eigenvalue weighted by Crippen LogP contribution is 2.42. The highest BCUT2D eigenvalue weighted by atomic mass is 79.9. The largest absolute Gasteiger partial charge is 0.327 e. The molecule has 2 aromatic heterocycles. The SMILES string of the molecule is CC(N)C(Sc1ncccc1Br)c1ccc(Cl)s1. The maximum atomic E-state index is 6.08. The predicted octanol–water partition coefficient (Wildman–Crippen LogP) is 4.74. The van der Waals surface area contributed by atoms with Crippen LogP contribution in [0, 0.1) is 0 Å². The molecular formula is C12H12BrClN2S2. The zero-order valence-electron chi connectivity index (χ0n) is 9.64. The molecule has 2 heterocycles. The van der Waals surface area contributed by atoms with Gasteiger partial charge in [0.1, 0.15) is 5.03 Å². The summed E-state index contributed by atoms with van der Waals surface area (Å²) in [7, 11) is 0. The summed E-state index contributed by atoms with van der Waals surface area (Å²) in [5, 5.41) is 1.11. The molecular weight excluding hydrogens is 352 g/mol. The molecule has 2 unspecified atom stereocenters. The summed E-state index contributed by atoms with van der Waals surface area (Å²) in [4.78, 5) is 5.54. The maximum absolute atomic E-state index is 6.08. The molecule has 2 aromatic rings. The third kappa shape index (κ3) is 3.48. The van der Waals surface area contributed by atoms with Crippen molar-refractivity contribution in [1.29, 1.82) is 0 Å². The van der Waals surface area contributed by atoms with Crippen molar-refractivity contribution in [3.8, 4) is 0 Å². The Morgan fingerprint density at radius 3 is 2.78 bits per heavy atom. The molecule has 0 spiro atoms. The van der Waals surface area contributed by atoms with E-state index in [0.717, 1.165) is 13.8 Å². The summed E-state index contributed by atoms with van der Waals surface area (Å²) in [6, 6.07) is 7.85. The molecule has 2 rings (SSSR count). The van der Waals surface area contributed by atoms with Crippen molar-refractivity contribution in [2.24, 2.45) is 5.73 Å². The third-order valence-corrected chi connectivity index (χ3v) is 6.17. The van der Waals surface area contributed by atoms with Crippen molar-refractivity contribution in [1.82, 2.24) is 4.98 Å². The number of nitrogens with zero attached hydrogens (tertiary/aromatic N) is 1. The Bertz CT molecular complexity index is 530. The van der Waals surface area contributed by atoms with Gasteiger partial charge in [0.2, 0.25) is 0 Å². The van der Waals surface area contributed by atoms with Crippen LogP contribution in [0.4, 0.5) is 0 Å². The van der Waals surface area contributed by atoms with Crippen molar-refractivity contribution in [2.45, 2.75) is 23.2 Å². The van der Waals surface area contributed by atoms with Crippen molar-refractivity contribution < 1.29 is 0 Å². The fourth-order valence-electron chi connectivity index (χ4n) is 1.48. The lowest BCUT2D eigenvalue weighted by molar-refractivity contribution is 0.728. The van der Waals surface area contributed by atoms with Gasteiger partial charge in [-0.05, 0) is 47.1 Å². The number of hydrogen-bond donors (Lipinski definition) is 1. The van der Waals surface area contributed by atoms with Crippen molar-refractivity contribution in [3.05, 3.63) is 44.1 Å². The molecule has 0 amide bonds. The second-order valence-corrected chi connectivity index (χ2v) is 7.56. The average molecular weight is 364 g/mol. The molecule has 0 saturated heterocycles. The van der Waals surface area contributed by atoms with Crippen LogP contribution in [0.3, 0.4) is 0 Å². The van der Waals surface area contributed by atoms with Gasteiger partial charge in [-0.2, -0.15) is 0 Å². The van der Waals surface area contributed by atoms with E-state index in [0.29, 0.717) is 0 Å². The third-order valence-electron chi connectivity index (χ3n) is 2.32. The Labute approximate surface area is 128 Å². The van der Waals surface area contributed by atoms with Gasteiger partial charge in [0.25, 0.3) is 0 Å². The predicted molar refractivity (Wildman–Crippen MR) is 83.5 cm³/mol. The first-order chi connectivity index (χ1) is 8.58. The van der Waals surface area contributed by atoms with Gasteiger partial charge >= 0.3 is 0 Å². The molecule has 0 aliphatic carbocycles. The normalized spacial score (nSPS) is 14.4. The van der Waals surface area contributed by atoms with Gasteiger partial charge in [-0.1, -0.05) is 23.4 Å². The number of pyridine rings is 1. The molecule has 0 saturated carbocycles. The number of halogens is 2. The number of rotatable bonds is 4. The van der Waals surface area contributed by atoms with Gasteiger partial charge in [-0.25, -0.2) is 4.98 Å². The molecule has 0 aliphatic rings. The highest BCUT2D eigenvalue weighted by Gasteiger charge is 2.21. The summed E-state index contributed by atoms with van der Waals surface area (Å²) < 4.78 is 1.78. The van der Waals surface area contributed by atoms with Crippen LogP contribution in [-0.2, 0) is 0 Å². The van der Waals surface area contributed by atoms with Gasteiger partial charge in [-0.15, -0.1) is 11.3 Å². The molecule has 0 fully saturated rings. The van der Waals surface area contributed by atoms with Gasteiger partial charge in [0.05, 0.1) is 9.59 Å². The second-order valence-electron chi connectivity index (χ2n) is 3.83. The monoisotopic (exact) mass is 362 g/mol. The van der Waals surface area contributed by atoms with Gasteiger partial charge in [-0.3, -0.25) is 0 Å². The van der Waals surface area contributed by atoms with Crippen LogP contribution in [0.5, 0.6) is 0 Å². The fraction of sp³-hybridized carbons (Fsp3) is 0.250. The number of aromatic nitrogens is 1. The van der Waals surface area contributed by atoms with E-state index in [1.807, 2.05) is 31.2 Å². The molecule has 2 nitrogen and oxygen atoms in total. The van der Waals surface area contributed by atoms with Crippen molar-refractivity contribution >= 4 is 50.6 Å². The first kappa shape index (κ1) is 14.3. The van der Waals surface area contributed by atoms with Crippen LogP contribution in [0.25, 0.3) is 0 Å². The van der Waals surface area contributed by atoms with E-state index in [2.05, 4.69) is 20.9 Å². The lowest BCUT2D eigenvalue weighted by Gasteiger charge is -2.18. The molecule has 0 aromatic carbocycles. The molecule has 0 bridgehead atoms. The van der Waals surface area contributed by atoms with Crippen LogP contribution in [0.1, 0.15) is 17.1 Å². The van der Waals surface area contributed by atoms with Crippen LogP contribution < -0.4 is 5.73 Å². The van der Waals surface area contributed by atoms with E-state index >= 15 is 0 Å². The summed E-state index contributed by atoms with van der Waals surface area (Å²) >= 11 is 12.7. The molecule has 96 valence electrons. The first-order valence-electron chi connectivity index (χ1n) is 5.36. The minimum atomic E-state index is 0.0265. The molecule has 2 atom stereocenters. The van der Waals surface area contributed by atoms with E-state index in [1.165, 1.54) is 4.88 Å². The van der Waals surface area contributed by atoms with Gasteiger partial charge in [0.15, 0.2) is 0 Å². The molecule has 6 heteroatoms. The molecule has 18 heavy (non-hydrogen) atoms. The van der Waals surface area contributed by atoms with E-state index in [-0.39, 0.29) is 11.3 Å². The van der Waals surface area contributed by atoms with Crippen molar-refractivity contribution in [2.75, 3.05) is 0 Å². The standard InChI is InChI=1S/C12H12BrClN2S2/c1-7(15)11(9-4-5-10(14)17-9)18-12-8(13)3-2-6-16-12/h2-7,11H,15H2,1H3. The number of hydrogen-bond acceptors (Lipinski definition) is 4. The first-order valence-corrected chi connectivity index (χ1v) is 8.22. The molecule has 2 N–H and O–H groups in total. The Morgan fingerprint density at radius 2 is 2.22 bits per heavy atom. The van der Waals surface area contributed by atoms with E-state index in [1.54, 1.807) is 29.3 Å². The lowest BCUT2D eigenvalue weighted by Crippen LogP contribution is -2.22. The maximum Gasteiger partial charge on any atom is 0.111 e. The summed E-state index contributed by atoms with van der Waals surface area (Å²) in [5.41, 5.74) is 6.08. The smallest absolute Gasteiger partial charge is 0.111 e. The number of thioether (sulfide) groups is 1. The Hall–Kier alpha value is -0.0700. The van der Waals surface area contributed by atoms with Crippen LogP contribution in [0.2, 0.25) is 4.34 Å². The number of nitrogens with two attached hydrogens (primary N) is 1. The summed E-state index contributed by atoms with van der Waals surface area (Å²) in [5.74, 6) is 0. The Kier molecular flexibility index (Phi) is 5.09. The Morgan fingerprint density at radius 1 is 1.44 bits per heavy atom. The Balaban J connectivity index is 2.25. The topological polar surface area (TPSA) is 38.9 Å². The van der Waals surface area contributed by atoms with E-state index in [9.17, 15) is 0 Å². The number of thiophene rings is 1. The minimum absolute atomic E-state index is 0.0265. The van der Waals surface area contributed by atoms with Crippen molar-refractivity contribution in [3.63, 3.8) is 0 Å². The molecule has 0 aliphatic heterocycles. The quantitative estimate of drug-likeness (QED) is 0.797. The summed E-state index contributed by atoms with van der Waals surface area (Å²) in [6.45, 7) is 2.00. The van der Waals surface area contributed by atoms with Gasteiger partial charge < -0.3 is 5.73 Å². The zero-order chi connectivity index (χ0) is 13.1. The van der Waals surface area contributed by atoms with Crippen LogP contribution in [-0.4, -0.2) is 11.0 Å². The van der Waals surface area contributed by atoms with Crippen LogP contribution in [0.15, 0.2) is 40.0 Å². The average Bonchev–Trinajstić information content (AvgIpc) is 2.74. The fourth-order valence-corrected chi connectivity index (χ4v) is 4.42. The van der Waals surface area contributed by atoms with Crippen LogP contribution >= 0.6 is 50.6 Å². The minimum Gasteiger partial charge on any atom is -0.327 e. The van der Waals surface area contributed by atoms with Gasteiger partial charge in [0, 0.05) is 21.6 Å². The summed E-state index contributed by atoms with van der Waals surface area (Å²) in [6.07, 6.45) is 1.78.